The van der Waals surface area contributed by atoms with Crippen LogP contribution in [0.3, 0.4) is 0 Å². The second-order valence-corrected chi connectivity index (χ2v) is 4.51. The van der Waals surface area contributed by atoms with Crippen LogP contribution in [-0.4, -0.2) is 58.0 Å². The molecular formula is C10H16N2O5. The normalized spacial score (nSPS) is 19.5. The highest BCUT2D eigenvalue weighted by molar-refractivity contribution is 6.36. The molecule has 1 unspecified atom stereocenters. The third kappa shape index (κ3) is 2.73. The molecule has 2 N–H and O–H groups in total. The molecule has 0 aliphatic carbocycles. The second kappa shape index (κ2) is 4.70. The topological polar surface area (TPSA) is 99.4 Å². The van der Waals surface area contributed by atoms with Crippen molar-refractivity contribution in [2.24, 2.45) is 5.16 Å². The lowest BCUT2D eigenvalue weighted by Crippen LogP contribution is -2.51. The first-order valence-corrected chi connectivity index (χ1v) is 5.14. The molecule has 1 atom stereocenters. The fourth-order valence-electron chi connectivity index (χ4n) is 1.26. The largest absolute Gasteiger partial charge is 0.477 e. The fourth-order valence-corrected chi connectivity index (χ4v) is 1.26. The summed E-state index contributed by atoms with van der Waals surface area (Å²) in [4.78, 5) is 28.7. The molecule has 1 heterocycles. The molecule has 0 saturated carbocycles. The van der Waals surface area contributed by atoms with Crippen LogP contribution in [0, 0.1) is 0 Å². The summed E-state index contributed by atoms with van der Waals surface area (Å²) in [5.74, 6) is -1.59. The molecule has 0 fully saturated rings. The Morgan fingerprint density at radius 2 is 2.18 bits per heavy atom. The average molecular weight is 244 g/mol. The number of likely N-dealkylation sites (N-methyl/N-ethyl adjacent to an activating group) is 1. The van der Waals surface area contributed by atoms with Gasteiger partial charge >= 0.3 is 5.97 Å². The van der Waals surface area contributed by atoms with Crippen molar-refractivity contribution in [1.82, 2.24) is 4.90 Å². The molecule has 0 aromatic rings. The molecule has 0 aromatic carbocycles. The highest BCUT2D eigenvalue weighted by Gasteiger charge is 2.37. The molecule has 0 aromatic heterocycles. The number of carbonyl (C=O) groups is 2. The molecule has 1 aliphatic rings. The van der Waals surface area contributed by atoms with Gasteiger partial charge in [0.05, 0.1) is 12.1 Å². The van der Waals surface area contributed by atoms with E-state index in [4.69, 9.17) is 15.1 Å². The van der Waals surface area contributed by atoms with Crippen molar-refractivity contribution in [3.63, 3.8) is 0 Å². The number of carboxylic acid groups (broad SMARTS) is 1. The Kier molecular flexibility index (Phi) is 3.72. The summed E-state index contributed by atoms with van der Waals surface area (Å²) < 4.78 is 0. The number of oxime groups is 1. The Hall–Kier alpha value is -1.63. The monoisotopic (exact) mass is 244 g/mol. The molecule has 1 amide bonds. The van der Waals surface area contributed by atoms with Crippen LogP contribution in [0.2, 0.25) is 0 Å². The minimum absolute atomic E-state index is 0.0555. The van der Waals surface area contributed by atoms with E-state index < -0.39 is 23.5 Å². The van der Waals surface area contributed by atoms with Gasteiger partial charge in [-0.15, -0.1) is 0 Å². The molecule has 0 spiro atoms. The first kappa shape index (κ1) is 13.4. The third-order valence-corrected chi connectivity index (χ3v) is 2.82. The van der Waals surface area contributed by atoms with Crippen LogP contribution in [0.15, 0.2) is 5.16 Å². The molecule has 7 heteroatoms. The van der Waals surface area contributed by atoms with Gasteiger partial charge in [0.1, 0.15) is 0 Å². The second-order valence-electron chi connectivity index (χ2n) is 4.51. The van der Waals surface area contributed by atoms with Gasteiger partial charge < -0.3 is 20.0 Å². The number of hydrogen-bond acceptors (Lipinski definition) is 5. The quantitative estimate of drug-likeness (QED) is 0.691. The maximum atomic E-state index is 11.9. The van der Waals surface area contributed by atoms with Gasteiger partial charge in [0.15, 0.2) is 5.71 Å². The van der Waals surface area contributed by atoms with E-state index in [0.29, 0.717) is 0 Å². The van der Waals surface area contributed by atoms with Gasteiger partial charge in [-0.3, -0.25) is 4.79 Å². The van der Waals surface area contributed by atoms with E-state index in [0.717, 1.165) is 0 Å². The minimum atomic E-state index is -1.19. The molecular weight excluding hydrogens is 228 g/mol. The number of rotatable bonds is 4. The van der Waals surface area contributed by atoms with E-state index in [1.165, 1.54) is 11.9 Å². The van der Waals surface area contributed by atoms with E-state index in [2.05, 4.69) is 5.16 Å². The zero-order valence-corrected chi connectivity index (χ0v) is 10.0. The van der Waals surface area contributed by atoms with Crippen LogP contribution in [0.25, 0.3) is 0 Å². The van der Waals surface area contributed by atoms with Crippen LogP contribution in [0.1, 0.15) is 20.3 Å². The molecule has 0 bridgehead atoms. The summed E-state index contributed by atoms with van der Waals surface area (Å²) in [5.41, 5.74) is -0.898. The van der Waals surface area contributed by atoms with Crippen LogP contribution >= 0.6 is 0 Å². The van der Waals surface area contributed by atoms with Crippen molar-refractivity contribution < 1.29 is 24.6 Å². The first-order chi connectivity index (χ1) is 7.79. The van der Waals surface area contributed by atoms with Crippen molar-refractivity contribution >= 4 is 17.6 Å². The summed E-state index contributed by atoms with van der Waals surface area (Å²) in [7, 11) is 1.53. The maximum Gasteiger partial charge on any atom is 0.353 e. The van der Waals surface area contributed by atoms with Crippen molar-refractivity contribution in [2.75, 3.05) is 13.7 Å². The predicted octanol–water partition coefficient (Wildman–Crippen LogP) is -0.555. The highest BCUT2D eigenvalue weighted by atomic mass is 16.6. The number of amides is 1. The number of nitrogens with zero attached hydrogens (tertiary/aromatic N) is 2. The van der Waals surface area contributed by atoms with E-state index in [9.17, 15) is 9.59 Å². The van der Waals surface area contributed by atoms with Gasteiger partial charge in [-0.25, -0.2) is 4.79 Å². The van der Waals surface area contributed by atoms with Crippen molar-refractivity contribution in [3.05, 3.63) is 0 Å². The van der Waals surface area contributed by atoms with Gasteiger partial charge in [-0.2, -0.15) is 0 Å². The lowest BCUT2D eigenvalue weighted by Gasteiger charge is -2.34. The summed E-state index contributed by atoms with van der Waals surface area (Å²) in [5, 5.41) is 21.2. The molecule has 1 rings (SSSR count). The molecule has 0 radical (unpaired) electrons. The van der Waals surface area contributed by atoms with Crippen LogP contribution in [-0.2, 0) is 14.4 Å². The number of aliphatic hydroxyl groups is 1. The van der Waals surface area contributed by atoms with Gasteiger partial charge in [0.25, 0.3) is 5.91 Å². The zero-order chi connectivity index (χ0) is 13.2. The third-order valence-electron chi connectivity index (χ3n) is 2.82. The Bertz CT molecular complexity index is 364. The SMILES string of the molecule is CN(C(=O)C1CC(C(=O)O)=NO1)C(C)(C)CO. The Morgan fingerprint density at radius 1 is 1.59 bits per heavy atom. The fraction of sp³-hybridized carbons (Fsp3) is 0.700. The van der Waals surface area contributed by atoms with Gasteiger partial charge in [0.2, 0.25) is 6.10 Å². The molecule has 96 valence electrons. The summed E-state index contributed by atoms with van der Waals surface area (Å²) in [6.07, 6.45) is -0.975. The molecule has 17 heavy (non-hydrogen) atoms. The predicted molar refractivity (Wildman–Crippen MR) is 58.5 cm³/mol. The Balaban J connectivity index is 2.66. The molecule has 7 nitrogen and oxygen atoms in total. The highest BCUT2D eigenvalue weighted by Crippen LogP contribution is 2.18. The van der Waals surface area contributed by atoms with Gasteiger partial charge in [-0.05, 0) is 13.8 Å². The first-order valence-electron chi connectivity index (χ1n) is 5.14. The minimum Gasteiger partial charge on any atom is -0.477 e. The molecule has 0 saturated heterocycles. The Morgan fingerprint density at radius 3 is 2.59 bits per heavy atom. The van der Waals surface area contributed by atoms with Crippen molar-refractivity contribution in [1.29, 1.82) is 0 Å². The number of aliphatic hydroxyl groups excluding tert-OH is 1. The van der Waals surface area contributed by atoms with Crippen molar-refractivity contribution in [3.8, 4) is 0 Å². The van der Waals surface area contributed by atoms with Gasteiger partial charge in [0, 0.05) is 13.5 Å². The summed E-state index contributed by atoms with van der Waals surface area (Å²) >= 11 is 0. The summed E-state index contributed by atoms with van der Waals surface area (Å²) in [6, 6.07) is 0. The van der Waals surface area contributed by atoms with E-state index in [1.807, 2.05) is 0 Å². The average Bonchev–Trinajstić information content (AvgIpc) is 2.76. The summed E-state index contributed by atoms with van der Waals surface area (Å²) in [6.45, 7) is 3.19. The van der Waals surface area contributed by atoms with Crippen LogP contribution in [0.4, 0.5) is 0 Å². The number of aliphatic carboxylic acids is 1. The van der Waals surface area contributed by atoms with E-state index in [1.54, 1.807) is 13.8 Å². The lowest BCUT2D eigenvalue weighted by molar-refractivity contribution is -0.147. The maximum absolute atomic E-state index is 11.9. The van der Waals surface area contributed by atoms with Crippen molar-refractivity contribution in [2.45, 2.75) is 31.9 Å². The van der Waals surface area contributed by atoms with E-state index in [-0.39, 0.29) is 18.7 Å². The number of carboxylic acids is 1. The number of hydrogen-bond donors (Lipinski definition) is 2. The zero-order valence-electron chi connectivity index (χ0n) is 10.0. The van der Waals surface area contributed by atoms with Crippen LogP contribution in [0.5, 0.6) is 0 Å². The Labute approximate surface area is 98.7 Å². The smallest absolute Gasteiger partial charge is 0.353 e. The standard InChI is InChI=1S/C10H16N2O5/c1-10(2,5-13)12(3)8(14)7-4-6(9(15)16)11-17-7/h7,13H,4-5H2,1-3H3,(H,15,16). The molecule has 1 aliphatic heterocycles. The van der Waals surface area contributed by atoms with Gasteiger partial charge in [-0.1, -0.05) is 5.16 Å². The van der Waals surface area contributed by atoms with Crippen LogP contribution < -0.4 is 0 Å². The lowest BCUT2D eigenvalue weighted by atomic mass is 10.0. The number of carbonyl (C=O) groups excluding carboxylic acids is 1. The van der Waals surface area contributed by atoms with E-state index >= 15 is 0 Å².